The van der Waals surface area contributed by atoms with Crippen LogP contribution in [0.25, 0.3) is 20.4 Å². The summed E-state index contributed by atoms with van der Waals surface area (Å²) in [6.45, 7) is 0. The van der Waals surface area contributed by atoms with Crippen LogP contribution < -0.4 is 0 Å². The average molecular weight is 721 g/mol. The molecular formula is C26H36N2O6S6Si2. The van der Waals surface area contributed by atoms with Gasteiger partial charge in [0.25, 0.3) is 0 Å². The molecule has 0 fully saturated rings. The van der Waals surface area contributed by atoms with Gasteiger partial charge in [-0.15, -0.1) is 22.7 Å². The zero-order chi connectivity index (χ0) is 30.0. The highest BCUT2D eigenvalue weighted by Crippen LogP contribution is 2.56. The smallest absolute Gasteiger partial charge is 0.377 e. The number of rotatable bonds is 19. The molecule has 0 N–H and O–H groups in total. The maximum atomic E-state index is 5.71. The fraction of sp³-hybridized carbons (Fsp3) is 0.462. The van der Waals surface area contributed by atoms with Crippen molar-refractivity contribution in [3.8, 4) is 0 Å². The Morgan fingerprint density at radius 1 is 0.595 bits per heavy atom. The Balaban J connectivity index is 1.47. The van der Waals surface area contributed by atoms with Crippen LogP contribution >= 0.6 is 63.9 Å². The van der Waals surface area contributed by atoms with Gasteiger partial charge < -0.3 is 26.6 Å². The number of fused-ring (bicyclic) bond motifs is 2. The lowest BCUT2D eigenvalue weighted by molar-refractivity contribution is 0.122. The van der Waals surface area contributed by atoms with E-state index in [1.807, 2.05) is 33.7 Å². The minimum absolute atomic E-state index is 0.157. The lowest BCUT2D eigenvalue weighted by atomic mass is 10.3. The first-order valence-electron chi connectivity index (χ1n) is 13.1. The molecule has 0 aliphatic heterocycles. The Hall–Kier alpha value is -0.186. The minimum Gasteiger partial charge on any atom is -0.377 e. The predicted octanol–water partition coefficient (Wildman–Crippen LogP) is 8.90. The highest BCUT2D eigenvalue weighted by Gasteiger charge is 2.40. The zero-order valence-corrected chi connectivity index (χ0v) is 31.3. The molecule has 0 saturated carbocycles. The Morgan fingerprint density at radius 2 is 0.952 bits per heavy atom. The molecule has 4 aromatic rings. The molecule has 0 bridgehead atoms. The molecule has 0 spiro atoms. The van der Waals surface area contributed by atoms with Crippen molar-refractivity contribution in [2.24, 2.45) is 0 Å². The monoisotopic (exact) mass is 720 g/mol. The summed E-state index contributed by atoms with van der Waals surface area (Å²) in [6.07, 6.45) is 1.66. The lowest BCUT2D eigenvalue weighted by Gasteiger charge is -2.26. The van der Waals surface area contributed by atoms with Crippen LogP contribution in [0.4, 0.5) is 0 Å². The van der Waals surface area contributed by atoms with E-state index in [0.29, 0.717) is 12.1 Å². The van der Waals surface area contributed by atoms with Gasteiger partial charge in [-0.3, -0.25) is 0 Å². The van der Waals surface area contributed by atoms with E-state index in [1.165, 1.54) is 9.40 Å². The van der Waals surface area contributed by atoms with Gasteiger partial charge in [-0.2, -0.15) is 0 Å². The van der Waals surface area contributed by atoms with Gasteiger partial charge in [0, 0.05) is 54.7 Å². The molecule has 2 unspecified atom stereocenters. The molecule has 0 radical (unpaired) electrons. The second kappa shape index (κ2) is 16.9. The highest BCUT2D eigenvalue weighted by atomic mass is 33.7. The molecule has 0 aliphatic carbocycles. The number of hydrogen-bond acceptors (Lipinski definition) is 14. The molecule has 0 amide bonds. The summed E-state index contributed by atoms with van der Waals surface area (Å²) >= 11 is 3.49. The number of benzene rings is 2. The minimum atomic E-state index is -2.71. The quantitative estimate of drug-likeness (QED) is 0.0527. The summed E-state index contributed by atoms with van der Waals surface area (Å²) in [7, 11) is 11.7. The molecule has 2 aromatic heterocycles. The lowest BCUT2D eigenvalue weighted by Crippen LogP contribution is -2.42. The Bertz CT molecular complexity index is 1200. The first-order valence-corrected chi connectivity index (χ1v) is 23.6. The number of thiazole rings is 2. The first-order chi connectivity index (χ1) is 20.4. The topological polar surface area (TPSA) is 81.2 Å². The molecular weight excluding hydrogens is 685 g/mol. The van der Waals surface area contributed by atoms with Crippen molar-refractivity contribution in [1.29, 1.82) is 0 Å². The summed E-state index contributed by atoms with van der Waals surface area (Å²) in [5.41, 5.74) is 2.06. The highest BCUT2D eigenvalue weighted by molar-refractivity contribution is 9.26. The van der Waals surface area contributed by atoms with E-state index in [0.717, 1.165) is 33.9 Å². The fourth-order valence-corrected chi connectivity index (χ4v) is 18.0. The van der Waals surface area contributed by atoms with E-state index in [9.17, 15) is 0 Å². The number of nitrogens with zero attached hydrogens (tertiary/aromatic N) is 2. The summed E-state index contributed by atoms with van der Waals surface area (Å²) < 4.78 is 36.7. The molecule has 42 heavy (non-hydrogen) atoms. The summed E-state index contributed by atoms with van der Waals surface area (Å²) in [4.78, 5) is 9.95. The largest absolute Gasteiger partial charge is 0.500 e. The van der Waals surface area contributed by atoms with Crippen LogP contribution in [0.3, 0.4) is 0 Å². The Morgan fingerprint density at radius 3 is 1.29 bits per heavy atom. The van der Waals surface area contributed by atoms with Crippen molar-refractivity contribution in [2.75, 3.05) is 42.7 Å². The van der Waals surface area contributed by atoms with Gasteiger partial charge in [0.05, 0.1) is 30.9 Å². The van der Waals surface area contributed by atoms with Crippen molar-refractivity contribution >= 4 is 102 Å². The molecule has 230 valence electrons. The third-order valence-electron chi connectivity index (χ3n) is 6.80. The summed E-state index contributed by atoms with van der Waals surface area (Å²) in [6, 6.07) is 18.0. The van der Waals surface area contributed by atoms with E-state index in [4.69, 9.17) is 36.5 Å². The van der Waals surface area contributed by atoms with Crippen molar-refractivity contribution in [3.63, 3.8) is 0 Å². The van der Waals surface area contributed by atoms with Crippen LogP contribution in [-0.4, -0.2) is 70.2 Å². The van der Waals surface area contributed by atoms with E-state index >= 15 is 0 Å². The molecule has 8 nitrogen and oxygen atoms in total. The van der Waals surface area contributed by atoms with E-state index in [1.54, 1.807) is 85.0 Å². The maximum absolute atomic E-state index is 5.71. The van der Waals surface area contributed by atoms with Crippen molar-refractivity contribution < 1.29 is 26.6 Å². The van der Waals surface area contributed by atoms with E-state index in [2.05, 4.69) is 36.4 Å². The van der Waals surface area contributed by atoms with Crippen LogP contribution in [0.15, 0.2) is 48.5 Å². The van der Waals surface area contributed by atoms with Crippen LogP contribution in [0.5, 0.6) is 0 Å². The second-order valence-electron chi connectivity index (χ2n) is 9.01. The van der Waals surface area contributed by atoms with Crippen molar-refractivity contribution in [2.45, 2.75) is 35.4 Å². The third-order valence-corrected chi connectivity index (χ3v) is 22.0. The maximum Gasteiger partial charge on any atom is 0.500 e. The van der Waals surface area contributed by atoms with Crippen LogP contribution in [0, 0.1) is 0 Å². The SMILES string of the molecule is CO[Si](CCC(SSSSC(CC[Si](OC)(OC)OC)c1nc2ccccc2s1)c1nc2ccccc2s1)(OC)OC. The van der Waals surface area contributed by atoms with Gasteiger partial charge >= 0.3 is 17.6 Å². The third kappa shape index (κ3) is 8.75. The Kier molecular flexibility index (Phi) is 14.0. The van der Waals surface area contributed by atoms with Gasteiger partial charge in [0.2, 0.25) is 0 Å². The first kappa shape index (κ1) is 34.7. The van der Waals surface area contributed by atoms with Gasteiger partial charge in [-0.1, -0.05) is 45.9 Å². The normalized spacial score (nSPS) is 14.1. The molecule has 0 saturated heterocycles. The summed E-state index contributed by atoms with van der Waals surface area (Å²) in [5.74, 6) is 0. The molecule has 2 aromatic carbocycles. The van der Waals surface area contributed by atoms with Gasteiger partial charge in [-0.25, -0.2) is 9.97 Å². The van der Waals surface area contributed by atoms with Gasteiger partial charge in [0.15, 0.2) is 0 Å². The van der Waals surface area contributed by atoms with Crippen LogP contribution in [-0.2, 0) is 26.6 Å². The second-order valence-corrected chi connectivity index (χ2v) is 23.5. The van der Waals surface area contributed by atoms with Crippen molar-refractivity contribution in [3.05, 3.63) is 58.5 Å². The van der Waals surface area contributed by atoms with Gasteiger partial charge in [0.1, 0.15) is 10.0 Å². The van der Waals surface area contributed by atoms with E-state index in [-0.39, 0.29) is 10.5 Å². The van der Waals surface area contributed by atoms with Crippen LogP contribution in [0.1, 0.15) is 33.4 Å². The van der Waals surface area contributed by atoms with Crippen LogP contribution in [0.2, 0.25) is 12.1 Å². The molecule has 16 heteroatoms. The van der Waals surface area contributed by atoms with Gasteiger partial charge in [-0.05, 0) is 56.8 Å². The molecule has 2 atom stereocenters. The Labute approximate surface area is 273 Å². The standard InChI is InChI=1S/C26H36N2O6S6Si2/c1-29-41(30-2,31-3)17-15-23(25-27-19-11-7-9-13-21(19)35-25)37-39-40-38-24(16-18-42(32-4,33-5)34-6)26-28-20-12-8-10-14-22(20)36-26/h7-14,23-24H,15-18H2,1-6H3. The molecule has 4 rings (SSSR count). The number of aromatic nitrogens is 2. The number of para-hydroxylation sites is 2. The fourth-order valence-electron chi connectivity index (χ4n) is 4.34. The van der Waals surface area contributed by atoms with E-state index < -0.39 is 17.6 Å². The number of hydrogen-bond donors (Lipinski definition) is 0. The summed E-state index contributed by atoms with van der Waals surface area (Å²) in [5, 5.41) is 2.52. The predicted molar refractivity (Wildman–Crippen MR) is 187 cm³/mol. The van der Waals surface area contributed by atoms with Crippen molar-refractivity contribution in [1.82, 2.24) is 9.97 Å². The average Bonchev–Trinajstić information content (AvgIpc) is 3.67. The molecule has 2 heterocycles. The molecule has 0 aliphatic rings. The zero-order valence-electron chi connectivity index (χ0n) is 24.4.